The smallest absolute Gasteiger partial charge is 0.273 e. The number of likely N-dealkylation sites (N-methyl/N-ethyl adjacent to an activating group) is 1. The maximum absolute atomic E-state index is 13.1. The second kappa shape index (κ2) is 5.80. The summed E-state index contributed by atoms with van der Waals surface area (Å²) in [5.41, 5.74) is 1.00. The fraction of sp³-hybridized carbons (Fsp3) is 0.286. The lowest BCUT2D eigenvalue weighted by molar-refractivity contribution is -0.127. The van der Waals surface area contributed by atoms with Crippen LogP contribution in [0.2, 0.25) is 0 Å². The van der Waals surface area contributed by atoms with Crippen molar-refractivity contribution in [2.75, 3.05) is 7.05 Å². The molecule has 2 heterocycles. The monoisotopic (exact) mass is 320 g/mol. The van der Waals surface area contributed by atoms with Gasteiger partial charge < -0.3 is 10.2 Å². The van der Waals surface area contributed by atoms with Crippen molar-refractivity contribution in [1.82, 2.24) is 19.8 Å². The van der Waals surface area contributed by atoms with Crippen molar-refractivity contribution in [2.24, 2.45) is 0 Å². The van der Waals surface area contributed by atoms with Gasteiger partial charge in [-0.1, -0.05) is 16.6 Å². The zero-order chi connectivity index (χ0) is 15.7. The topological polar surface area (TPSA) is 75.2 Å². The first-order valence-electron chi connectivity index (χ1n) is 6.65. The molecule has 0 unspecified atom stereocenters. The standard InChI is InChI=1S/C14H13FN4O2S/c1-19-12(20)6-10(16-14(21)11-7-22-18-17-11)13(19)8-2-4-9(15)5-3-8/h2-5,7,10,13H,6H2,1H3,(H,16,21)/t10-,13+/m0/s1. The van der Waals surface area contributed by atoms with Crippen molar-refractivity contribution in [3.05, 3.63) is 46.7 Å². The van der Waals surface area contributed by atoms with Crippen molar-refractivity contribution < 1.29 is 14.0 Å². The van der Waals surface area contributed by atoms with Crippen LogP contribution in [0, 0.1) is 5.82 Å². The van der Waals surface area contributed by atoms with E-state index in [1.807, 2.05) is 0 Å². The Bertz CT molecular complexity index is 689. The third-order valence-electron chi connectivity index (χ3n) is 3.71. The minimum atomic E-state index is -0.392. The number of amides is 2. The highest BCUT2D eigenvalue weighted by molar-refractivity contribution is 7.03. The molecule has 1 aromatic carbocycles. The molecule has 22 heavy (non-hydrogen) atoms. The van der Waals surface area contributed by atoms with Gasteiger partial charge in [0.25, 0.3) is 5.91 Å². The van der Waals surface area contributed by atoms with Crippen LogP contribution in [0.3, 0.4) is 0 Å². The number of carbonyl (C=O) groups is 2. The number of hydrogen-bond donors (Lipinski definition) is 1. The first kappa shape index (κ1) is 14.6. The van der Waals surface area contributed by atoms with E-state index in [1.54, 1.807) is 29.5 Å². The lowest BCUT2D eigenvalue weighted by atomic mass is 10.00. The predicted octanol–water partition coefficient (Wildman–Crippen LogP) is 1.38. The van der Waals surface area contributed by atoms with Gasteiger partial charge in [-0.15, -0.1) is 5.10 Å². The Labute approximate surface area is 130 Å². The lowest BCUT2D eigenvalue weighted by Crippen LogP contribution is -2.39. The molecule has 0 spiro atoms. The van der Waals surface area contributed by atoms with E-state index in [0.717, 1.165) is 17.1 Å². The van der Waals surface area contributed by atoms with E-state index >= 15 is 0 Å². The molecule has 0 saturated carbocycles. The summed E-state index contributed by atoms with van der Waals surface area (Å²) in [4.78, 5) is 25.7. The molecule has 8 heteroatoms. The van der Waals surface area contributed by atoms with Gasteiger partial charge in [-0.05, 0) is 29.2 Å². The Kier molecular flexibility index (Phi) is 3.84. The third kappa shape index (κ3) is 2.69. The van der Waals surface area contributed by atoms with E-state index in [4.69, 9.17) is 0 Å². The minimum absolute atomic E-state index is 0.0731. The second-order valence-electron chi connectivity index (χ2n) is 5.08. The quantitative estimate of drug-likeness (QED) is 0.927. The molecule has 2 atom stereocenters. The van der Waals surface area contributed by atoms with Gasteiger partial charge in [-0.2, -0.15) is 0 Å². The minimum Gasteiger partial charge on any atom is -0.345 e. The van der Waals surface area contributed by atoms with Crippen molar-refractivity contribution in [1.29, 1.82) is 0 Å². The van der Waals surface area contributed by atoms with Gasteiger partial charge in [-0.25, -0.2) is 4.39 Å². The predicted molar refractivity (Wildman–Crippen MR) is 77.7 cm³/mol. The fourth-order valence-electron chi connectivity index (χ4n) is 2.62. The molecule has 2 aromatic rings. The Hall–Kier alpha value is -2.35. The van der Waals surface area contributed by atoms with E-state index in [-0.39, 0.29) is 35.8 Å². The highest BCUT2D eigenvalue weighted by Crippen LogP contribution is 2.32. The Morgan fingerprint density at radius 1 is 1.41 bits per heavy atom. The molecule has 1 aromatic heterocycles. The number of aromatic nitrogens is 2. The van der Waals surface area contributed by atoms with Gasteiger partial charge in [0.1, 0.15) is 5.82 Å². The van der Waals surface area contributed by atoms with Crippen LogP contribution in [0.5, 0.6) is 0 Å². The zero-order valence-electron chi connectivity index (χ0n) is 11.7. The fourth-order valence-corrected chi connectivity index (χ4v) is 3.06. The molecule has 0 radical (unpaired) electrons. The molecule has 6 nitrogen and oxygen atoms in total. The summed E-state index contributed by atoms with van der Waals surface area (Å²) in [5, 5.41) is 8.07. The molecule has 2 amide bonds. The van der Waals surface area contributed by atoms with E-state index in [2.05, 4.69) is 14.9 Å². The van der Waals surface area contributed by atoms with E-state index in [9.17, 15) is 14.0 Å². The van der Waals surface area contributed by atoms with Crippen LogP contribution in [-0.4, -0.2) is 39.4 Å². The van der Waals surface area contributed by atoms with Crippen LogP contribution >= 0.6 is 11.5 Å². The largest absolute Gasteiger partial charge is 0.345 e. The van der Waals surface area contributed by atoms with Gasteiger partial charge >= 0.3 is 0 Å². The summed E-state index contributed by atoms with van der Waals surface area (Å²) in [6.45, 7) is 0. The molecule has 1 N–H and O–H groups in total. The Morgan fingerprint density at radius 3 is 2.77 bits per heavy atom. The summed E-state index contributed by atoms with van der Waals surface area (Å²) >= 11 is 1.08. The Balaban J connectivity index is 1.83. The second-order valence-corrected chi connectivity index (χ2v) is 5.69. The molecule has 0 bridgehead atoms. The van der Waals surface area contributed by atoms with E-state index in [1.165, 1.54) is 12.1 Å². The average molecular weight is 320 g/mol. The number of rotatable bonds is 3. The number of nitrogens with zero attached hydrogens (tertiary/aromatic N) is 3. The molecular formula is C14H13FN4O2S. The third-order valence-corrected chi connectivity index (χ3v) is 4.21. The van der Waals surface area contributed by atoms with Gasteiger partial charge in [0.15, 0.2) is 5.69 Å². The van der Waals surface area contributed by atoms with Crippen LogP contribution < -0.4 is 5.32 Å². The van der Waals surface area contributed by atoms with Crippen LogP contribution in [-0.2, 0) is 4.79 Å². The first-order chi connectivity index (χ1) is 10.6. The number of halogens is 1. The number of likely N-dealkylation sites (tertiary alicyclic amines) is 1. The van der Waals surface area contributed by atoms with Crippen LogP contribution in [0.15, 0.2) is 29.6 Å². The van der Waals surface area contributed by atoms with Crippen molar-refractivity contribution in [3.63, 3.8) is 0 Å². The maximum atomic E-state index is 13.1. The number of hydrogen-bond acceptors (Lipinski definition) is 5. The van der Waals surface area contributed by atoms with E-state index in [0.29, 0.717) is 0 Å². The van der Waals surface area contributed by atoms with Crippen LogP contribution in [0.4, 0.5) is 4.39 Å². The molecule has 1 saturated heterocycles. The number of benzene rings is 1. The molecular weight excluding hydrogens is 307 g/mol. The maximum Gasteiger partial charge on any atom is 0.273 e. The molecule has 1 fully saturated rings. The highest BCUT2D eigenvalue weighted by Gasteiger charge is 2.39. The summed E-state index contributed by atoms with van der Waals surface area (Å²) in [7, 11) is 1.67. The Morgan fingerprint density at radius 2 is 2.14 bits per heavy atom. The summed E-state index contributed by atoms with van der Waals surface area (Å²) in [5.74, 6) is -0.783. The average Bonchev–Trinajstić information content (AvgIpc) is 3.11. The normalized spacial score (nSPS) is 21.2. The molecule has 3 rings (SSSR count). The zero-order valence-corrected chi connectivity index (χ0v) is 12.5. The summed E-state index contributed by atoms with van der Waals surface area (Å²) in [6, 6.07) is 5.21. The number of nitrogens with one attached hydrogen (secondary N) is 1. The van der Waals surface area contributed by atoms with Gasteiger partial charge in [0, 0.05) is 18.8 Å². The summed E-state index contributed by atoms with van der Waals surface area (Å²) < 4.78 is 16.7. The molecule has 1 aliphatic heterocycles. The molecule has 1 aliphatic rings. The van der Waals surface area contributed by atoms with Gasteiger partial charge in [0.05, 0.1) is 12.1 Å². The van der Waals surface area contributed by atoms with Crippen LogP contribution in [0.25, 0.3) is 0 Å². The van der Waals surface area contributed by atoms with Crippen LogP contribution in [0.1, 0.15) is 28.5 Å². The van der Waals surface area contributed by atoms with Crippen molar-refractivity contribution in [2.45, 2.75) is 18.5 Å². The van der Waals surface area contributed by atoms with Crippen molar-refractivity contribution in [3.8, 4) is 0 Å². The van der Waals surface area contributed by atoms with E-state index < -0.39 is 6.04 Å². The van der Waals surface area contributed by atoms with Gasteiger partial charge in [-0.3, -0.25) is 9.59 Å². The molecule has 114 valence electrons. The SMILES string of the molecule is CN1C(=O)C[C@H](NC(=O)c2csnn2)[C@H]1c1ccc(F)cc1. The summed E-state index contributed by atoms with van der Waals surface area (Å²) in [6.07, 6.45) is 0.196. The number of carbonyl (C=O) groups excluding carboxylic acids is 2. The highest BCUT2D eigenvalue weighted by atomic mass is 32.1. The first-order valence-corrected chi connectivity index (χ1v) is 7.49. The van der Waals surface area contributed by atoms with Crippen molar-refractivity contribution >= 4 is 23.3 Å². The van der Waals surface area contributed by atoms with Gasteiger partial charge in [0.2, 0.25) is 5.91 Å². The molecule has 0 aliphatic carbocycles. The lowest BCUT2D eigenvalue weighted by Gasteiger charge is -2.25.